The molecule has 0 radical (unpaired) electrons. The van der Waals surface area contributed by atoms with Gasteiger partial charge >= 0.3 is 0 Å². The van der Waals surface area contributed by atoms with E-state index in [1.807, 2.05) is 30.0 Å². The van der Waals surface area contributed by atoms with Crippen molar-refractivity contribution in [3.63, 3.8) is 0 Å². The average molecular weight is 276 g/mol. The van der Waals surface area contributed by atoms with Crippen LogP contribution in [0.3, 0.4) is 0 Å². The van der Waals surface area contributed by atoms with Crippen LogP contribution in [0.25, 0.3) is 4.85 Å². The third-order valence-corrected chi connectivity index (χ3v) is 4.94. The monoisotopic (exact) mass is 276 g/mol. The Morgan fingerprint density at radius 2 is 2.26 bits per heavy atom. The van der Waals surface area contributed by atoms with E-state index < -0.39 is 0 Å². The molecule has 102 valence electrons. The molecule has 1 aliphatic rings. The Labute approximate surface area is 119 Å². The van der Waals surface area contributed by atoms with Crippen molar-refractivity contribution < 1.29 is 5.11 Å². The van der Waals surface area contributed by atoms with Crippen LogP contribution in [0.5, 0.6) is 0 Å². The third kappa shape index (κ3) is 2.72. The van der Waals surface area contributed by atoms with Crippen LogP contribution < -0.4 is 5.32 Å². The van der Waals surface area contributed by atoms with E-state index >= 15 is 0 Å². The van der Waals surface area contributed by atoms with Crippen LogP contribution in [0.2, 0.25) is 0 Å². The lowest BCUT2D eigenvalue weighted by molar-refractivity contribution is 0.134. The number of thioether (sulfide) groups is 1. The lowest BCUT2D eigenvalue weighted by Gasteiger charge is -2.41. The van der Waals surface area contributed by atoms with Crippen LogP contribution in [0, 0.1) is 12.0 Å². The van der Waals surface area contributed by atoms with Gasteiger partial charge in [0.15, 0.2) is 5.69 Å². The van der Waals surface area contributed by atoms with Gasteiger partial charge in [-0.15, -0.1) is 0 Å². The number of anilines is 1. The number of hydrogen-bond donors (Lipinski definition) is 2. The Morgan fingerprint density at radius 1 is 1.53 bits per heavy atom. The first-order chi connectivity index (χ1) is 9.01. The number of nitrogens with one attached hydrogen (secondary N) is 1. The van der Waals surface area contributed by atoms with Crippen LogP contribution in [0.4, 0.5) is 11.4 Å². The number of benzene rings is 1. The van der Waals surface area contributed by atoms with Crippen LogP contribution in [-0.4, -0.2) is 24.0 Å². The summed E-state index contributed by atoms with van der Waals surface area (Å²) in [6.45, 7) is 11.5. The molecule has 0 aliphatic carbocycles. The molecule has 2 unspecified atom stereocenters. The van der Waals surface area contributed by atoms with Gasteiger partial charge in [0.2, 0.25) is 0 Å². The largest absolute Gasteiger partial charge is 0.396 e. The highest BCUT2D eigenvalue weighted by molar-refractivity contribution is 7.98. The Kier molecular flexibility index (Phi) is 4.07. The molecule has 4 heteroatoms. The molecule has 2 N–H and O–H groups in total. The number of aliphatic hydroxyl groups excluding tert-OH is 1. The van der Waals surface area contributed by atoms with Crippen molar-refractivity contribution in [1.82, 2.24) is 0 Å². The lowest BCUT2D eigenvalue weighted by atomic mass is 9.79. The van der Waals surface area contributed by atoms with E-state index in [4.69, 9.17) is 6.57 Å². The van der Waals surface area contributed by atoms with Crippen molar-refractivity contribution in [2.75, 3.05) is 18.2 Å². The minimum Gasteiger partial charge on any atom is -0.396 e. The normalized spacial score (nSPS) is 22.3. The second-order valence-corrected chi connectivity index (χ2v) is 6.73. The maximum absolute atomic E-state index is 9.55. The molecule has 2 rings (SSSR count). The highest BCUT2D eigenvalue weighted by Gasteiger charge is 2.35. The molecule has 2 atom stereocenters. The molecule has 1 heterocycles. The van der Waals surface area contributed by atoms with Crippen LogP contribution >= 0.6 is 11.8 Å². The maximum Gasteiger partial charge on any atom is 0.187 e. The highest BCUT2D eigenvalue weighted by atomic mass is 32.2. The number of hydrogen-bond acceptors (Lipinski definition) is 3. The molecular formula is C15H20N2OS. The Balaban J connectivity index is 2.37. The number of aliphatic hydroxyl groups is 1. The summed E-state index contributed by atoms with van der Waals surface area (Å²) >= 11 is 1.81. The van der Waals surface area contributed by atoms with E-state index in [2.05, 4.69) is 30.3 Å². The van der Waals surface area contributed by atoms with Gasteiger partial charge in [-0.2, -0.15) is 11.8 Å². The first-order valence-electron chi connectivity index (χ1n) is 6.43. The number of rotatable bonds is 3. The van der Waals surface area contributed by atoms with E-state index in [1.165, 1.54) is 5.56 Å². The maximum atomic E-state index is 9.55. The summed E-state index contributed by atoms with van der Waals surface area (Å²) in [7, 11) is 0. The lowest BCUT2D eigenvalue weighted by Crippen LogP contribution is -2.42. The van der Waals surface area contributed by atoms with Crippen molar-refractivity contribution in [1.29, 1.82) is 0 Å². The van der Waals surface area contributed by atoms with Gasteiger partial charge in [0.05, 0.1) is 13.2 Å². The van der Waals surface area contributed by atoms with Crippen molar-refractivity contribution in [3.8, 4) is 0 Å². The fourth-order valence-corrected chi connectivity index (χ4v) is 3.29. The fraction of sp³-hybridized carbons (Fsp3) is 0.533. The van der Waals surface area contributed by atoms with Crippen molar-refractivity contribution in [2.45, 2.75) is 31.6 Å². The van der Waals surface area contributed by atoms with Gasteiger partial charge in [0.1, 0.15) is 0 Å². The number of nitrogens with zero attached hydrogens (tertiary/aromatic N) is 1. The molecule has 0 saturated heterocycles. The van der Waals surface area contributed by atoms with Gasteiger partial charge < -0.3 is 10.4 Å². The SMILES string of the molecule is [C-]#[N+]c1ccc2c(c1)C(SC)CC(C(C)(C)CO)N2. The molecule has 0 aromatic heterocycles. The van der Waals surface area contributed by atoms with Gasteiger partial charge in [0.25, 0.3) is 0 Å². The van der Waals surface area contributed by atoms with Gasteiger partial charge in [-0.1, -0.05) is 26.0 Å². The molecule has 1 aromatic carbocycles. The van der Waals surface area contributed by atoms with E-state index in [-0.39, 0.29) is 18.1 Å². The molecule has 1 aliphatic heterocycles. The summed E-state index contributed by atoms with van der Waals surface area (Å²) in [5, 5.41) is 13.5. The van der Waals surface area contributed by atoms with Crippen molar-refractivity contribution >= 4 is 23.1 Å². The molecule has 0 fully saturated rings. The minimum atomic E-state index is -0.149. The molecule has 0 amide bonds. The third-order valence-electron chi connectivity index (χ3n) is 3.93. The molecule has 0 saturated carbocycles. The van der Waals surface area contributed by atoms with Gasteiger partial charge in [0, 0.05) is 22.4 Å². The second-order valence-electron chi connectivity index (χ2n) is 5.69. The molecule has 0 bridgehead atoms. The molecule has 3 nitrogen and oxygen atoms in total. The second kappa shape index (κ2) is 5.44. The molecule has 0 spiro atoms. The average Bonchev–Trinajstić information content (AvgIpc) is 2.45. The quantitative estimate of drug-likeness (QED) is 0.823. The van der Waals surface area contributed by atoms with Gasteiger partial charge in [-0.25, -0.2) is 4.85 Å². The van der Waals surface area contributed by atoms with Crippen molar-refractivity contribution in [2.24, 2.45) is 5.41 Å². The van der Waals surface area contributed by atoms with E-state index in [0.717, 1.165) is 12.1 Å². The first-order valence-corrected chi connectivity index (χ1v) is 7.72. The Morgan fingerprint density at radius 3 is 2.84 bits per heavy atom. The van der Waals surface area contributed by atoms with Gasteiger partial charge in [-0.3, -0.25) is 0 Å². The summed E-state index contributed by atoms with van der Waals surface area (Å²) in [5.74, 6) is 0. The molecular weight excluding hydrogens is 256 g/mol. The smallest absolute Gasteiger partial charge is 0.187 e. The fourth-order valence-electron chi connectivity index (χ4n) is 2.45. The zero-order valence-corrected chi connectivity index (χ0v) is 12.4. The predicted octanol–water partition coefficient (Wildman–Crippen LogP) is 3.84. The van der Waals surface area contributed by atoms with Crippen molar-refractivity contribution in [3.05, 3.63) is 35.2 Å². The summed E-state index contributed by atoms with van der Waals surface area (Å²) in [6.07, 6.45) is 3.08. The summed E-state index contributed by atoms with van der Waals surface area (Å²) in [5.41, 5.74) is 2.86. The zero-order chi connectivity index (χ0) is 14.0. The van der Waals surface area contributed by atoms with Crippen LogP contribution in [-0.2, 0) is 0 Å². The first kappa shape index (κ1) is 14.2. The molecule has 1 aromatic rings. The predicted molar refractivity (Wildman–Crippen MR) is 81.9 cm³/mol. The standard InChI is InChI=1S/C15H20N2OS/c1-15(2,9-18)14-8-13(19-4)11-7-10(16-3)5-6-12(11)17-14/h5-7,13-14,17-18H,8-9H2,1-2,4H3. The minimum absolute atomic E-state index is 0.149. The van der Waals surface area contributed by atoms with Gasteiger partial charge in [-0.05, 0) is 24.3 Å². The van der Waals surface area contributed by atoms with E-state index in [9.17, 15) is 5.11 Å². The van der Waals surface area contributed by atoms with E-state index in [0.29, 0.717) is 10.9 Å². The van der Waals surface area contributed by atoms with Crippen LogP contribution in [0.15, 0.2) is 18.2 Å². The summed E-state index contributed by atoms with van der Waals surface area (Å²) in [4.78, 5) is 3.50. The zero-order valence-electron chi connectivity index (χ0n) is 11.6. The molecule has 19 heavy (non-hydrogen) atoms. The number of fused-ring (bicyclic) bond motifs is 1. The van der Waals surface area contributed by atoms with E-state index in [1.54, 1.807) is 0 Å². The highest BCUT2D eigenvalue weighted by Crippen LogP contribution is 2.45. The topological polar surface area (TPSA) is 36.6 Å². The Hall–Kier alpha value is -1.18. The summed E-state index contributed by atoms with van der Waals surface area (Å²) < 4.78 is 0. The Bertz CT molecular complexity index is 507. The summed E-state index contributed by atoms with van der Waals surface area (Å²) in [6, 6.07) is 6.08. The van der Waals surface area contributed by atoms with Crippen LogP contribution in [0.1, 0.15) is 31.1 Å².